The molecule has 3 rings (SSSR count). The van der Waals surface area contributed by atoms with Gasteiger partial charge in [0.15, 0.2) is 0 Å². The molecular formula is C14H8FN3O3. The van der Waals surface area contributed by atoms with Crippen LogP contribution in [0.5, 0.6) is 5.75 Å². The smallest absolute Gasteiger partial charge is 0.261 e. The molecule has 6 nitrogen and oxygen atoms in total. The molecule has 0 aliphatic heterocycles. The molecule has 1 aromatic heterocycles. The summed E-state index contributed by atoms with van der Waals surface area (Å²) in [4.78, 5) is 29.2. The first-order chi connectivity index (χ1) is 10.1. The van der Waals surface area contributed by atoms with Crippen molar-refractivity contribution >= 4 is 16.6 Å². The fourth-order valence-electron chi connectivity index (χ4n) is 2.17. The van der Waals surface area contributed by atoms with Gasteiger partial charge in [0, 0.05) is 5.56 Å². The summed E-state index contributed by atoms with van der Waals surface area (Å²) in [7, 11) is 0. The zero-order chi connectivity index (χ0) is 15.0. The minimum Gasteiger partial charge on any atom is -0.506 e. The number of hydrogen-bond acceptors (Lipinski definition) is 5. The van der Waals surface area contributed by atoms with Crippen LogP contribution in [-0.4, -0.2) is 15.1 Å². The van der Waals surface area contributed by atoms with Crippen LogP contribution in [0.25, 0.3) is 22.0 Å². The maximum absolute atomic E-state index is 13.0. The van der Waals surface area contributed by atoms with E-state index in [9.17, 15) is 19.2 Å². The molecule has 0 aliphatic rings. The van der Waals surface area contributed by atoms with Crippen LogP contribution in [0, 0.1) is 10.7 Å². The summed E-state index contributed by atoms with van der Waals surface area (Å²) in [5.41, 5.74) is -0.0724. The number of nitrogens with one attached hydrogen (secondary N) is 1. The van der Waals surface area contributed by atoms with Gasteiger partial charge < -0.3 is 10.1 Å². The summed E-state index contributed by atoms with van der Waals surface area (Å²) < 4.78 is 13.0. The quantitative estimate of drug-likeness (QED) is 0.708. The summed E-state index contributed by atoms with van der Waals surface area (Å²) in [6, 6.07) is 6.54. The van der Waals surface area contributed by atoms with Crippen LogP contribution in [0.2, 0.25) is 0 Å². The average molecular weight is 285 g/mol. The van der Waals surface area contributed by atoms with Crippen molar-refractivity contribution < 1.29 is 9.50 Å². The molecule has 1 heterocycles. The average Bonchev–Trinajstić information content (AvgIpc) is 2.49. The molecule has 0 unspecified atom stereocenters. The number of phenolic OH excluding ortho intramolecular Hbond substituents is 1. The third-order valence-corrected chi connectivity index (χ3v) is 3.12. The number of aromatic hydroxyl groups is 1. The topological polar surface area (TPSA) is 95.4 Å². The van der Waals surface area contributed by atoms with Crippen LogP contribution in [-0.2, 0) is 0 Å². The zero-order valence-corrected chi connectivity index (χ0v) is 10.5. The summed E-state index contributed by atoms with van der Waals surface area (Å²) in [5.74, 6) is -0.702. The lowest BCUT2D eigenvalue weighted by Gasteiger charge is -2.08. The largest absolute Gasteiger partial charge is 0.506 e. The number of fused-ring (bicyclic) bond motifs is 1. The molecular weight excluding hydrogens is 277 g/mol. The molecule has 2 aromatic carbocycles. The van der Waals surface area contributed by atoms with E-state index in [1.165, 1.54) is 30.3 Å². The number of halogens is 1. The highest BCUT2D eigenvalue weighted by molar-refractivity contribution is 6.00. The summed E-state index contributed by atoms with van der Waals surface area (Å²) in [5, 5.41) is 12.8. The molecule has 0 spiro atoms. The molecule has 0 saturated heterocycles. The predicted octanol–water partition coefficient (Wildman–Crippen LogP) is 2.83. The Morgan fingerprint density at radius 2 is 1.95 bits per heavy atom. The Morgan fingerprint density at radius 3 is 2.62 bits per heavy atom. The van der Waals surface area contributed by atoms with E-state index in [1.807, 2.05) is 0 Å². The molecule has 0 aliphatic carbocycles. The highest BCUT2D eigenvalue weighted by atomic mass is 19.1. The van der Waals surface area contributed by atoms with Gasteiger partial charge in [0.05, 0.1) is 11.7 Å². The van der Waals surface area contributed by atoms with E-state index in [-0.39, 0.29) is 27.9 Å². The Morgan fingerprint density at radius 1 is 1.24 bits per heavy atom. The number of hydrogen-bond donors (Lipinski definition) is 2. The highest BCUT2D eigenvalue weighted by Crippen LogP contribution is 2.39. The van der Waals surface area contributed by atoms with Crippen molar-refractivity contribution in [3.63, 3.8) is 0 Å². The monoisotopic (exact) mass is 285 g/mol. The van der Waals surface area contributed by atoms with Crippen LogP contribution >= 0.6 is 0 Å². The molecule has 3 aromatic rings. The molecule has 0 bridgehead atoms. The van der Waals surface area contributed by atoms with Crippen molar-refractivity contribution in [1.82, 2.24) is 9.97 Å². The molecule has 21 heavy (non-hydrogen) atoms. The Balaban J connectivity index is 2.44. The molecule has 2 N–H and O–H groups in total. The second-order valence-electron chi connectivity index (χ2n) is 4.35. The molecule has 7 heteroatoms. The molecule has 0 fully saturated rings. The molecule has 0 amide bonds. The van der Waals surface area contributed by atoms with Gasteiger partial charge in [0.25, 0.3) is 5.56 Å². The third-order valence-electron chi connectivity index (χ3n) is 3.12. The van der Waals surface area contributed by atoms with Crippen LogP contribution in [0.4, 0.5) is 10.1 Å². The number of aromatic nitrogens is 2. The lowest BCUT2D eigenvalue weighted by molar-refractivity contribution is 0.480. The minimum atomic E-state index is -0.589. The number of H-pyrrole nitrogens is 1. The number of rotatable bonds is 2. The van der Waals surface area contributed by atoms with Gasteiger partial charge in [-0.1, -0.05) is 12.1 Å². The number of benzene rings is 2. The van der Waals surface area contributed by atoms with Crippen LogP contribution in [0.1, 0.15) is 0 Å². The summed E-state index contributed by atoms with van der Waals surface area (Å²) in [6.45, 7) is 0. The van der Waals surface area contributed by atoms with E-state index in [0.29, 0.717) is 5.56 Å². The van der Waals surface area contributed by atoms with Gasteiger partial charge in [-0.3, -0.25) is 4.79 Å². The van der Waals surface area contributed by atoms with Gasteiger partial charge >= 0.3 is 0 Å². The molecule has 104 valence electrons. The normalized spacial score (nSPS) is 10.7. The fourth-order valence-corrected chi connectivity index (χ4v) is 2.17. The Hall–Kier alpha value is -3.09. The Kier molecular flexibility index (Phi) is 2.94. The van der Waals surface area contributed by atoms with Crippen LogP contribution in [0.3, 0.4) is 0 Å². The van der Waals surface area contributed by atoms with Gasteiger partial charge in [-0.05, 0) is 28.9 Å². The molecule has 0 radical (unpaired) electrons. The van der Waals surface area contributed by atoms with Crippen molar-refractivity contribution in [3.8, 4) is 16.9 Å². The van der Waals surface area contributed by atoms with Gasteiger partial charge in [-0.2, -0.15) is 0 Å². The van der Waals surface area contributed by atoms with E-state index in [4.69, 9.17) is 0 Å². The van der Waals surface area contributed by atoms with E-state index < -0.39 is 11.4 Å². The second-order valence-corrected chi connectivity index (χ2v) is 4.35. The van der Waals surface area contributed by atoms with E-state index in [2.05, 4.69) is 15.1 Å². The maximum atomic E-state index is 13.0. The third kappa shape index (κ3) is 2.04. The highest BCUT2D eigenvalue weighted by Gasteiger charge is 2.17. The van der Waals surface area contributed by atoms with Gasteiger partial charge in [0.1, 0.15) is 22.8 Å². The van der Waals surface area contributed by atoms with Crippen molar-refractivity contribution in [2.75, 3.05) is 0 Å². The fraction of sp³-hybridized carbons (Fsp3) is 0. The SMILES string of the molecule is O=Nc1c(-c2ccc(F)cc2)cc(O)c2nc[nH]c(=O)c12. The lowest BCUT2D eigenvalue weighted by atomic mass is 10.0. The summed E-state index contributed by atoms with van der Waals surface area (Å²) >= 11 is 0. The number of nitroso groups, excluding NO2 is 1. The van der Waals surface area contributed by atoms with Crippen molar-refractivity contribution in [2.45, 2.75) is 0 Å². The number of aromatic amines is 1. The minimum absolute atomic E-state index is 0.0146. The number of phenols is 1. The van der Waals surface area contributed by atoms with E-state index in [1.54, 1.807) is 0 Å². The van der Waals surface area contributed by atoms with Crippen molar-refractivity contribution in [3.05, 3.63) is 57.7 Å². The predicted molar refractivity (Wildman–Crippen MR) is 74.9 cm³/mol. The summed E-state index contributed by atoms with van der Waals surface area (Å²) in [6.07, 6.45) is 1.12. The standard InChI is InChI=1S/C14H8FN3O3/c15-8-3-1-7(2-4-8)9-5-10(19)13-11(12(9)18-21)14(20)17-6-16-13/h1-6,19H,(H,16,17,20). The maximum Gasteiger partial charge on any atom is 0.261 e. The zero-order valence-electron chi connectivity index (χ0n) is 10.5. The lowest BCUT2D eigenvalue weighted by Crippen LogP contribution is -2.07. The van der Waals surface area contributed by atoms with Crippen LogP contribution in [0.15, 0.2) is 46.6 Å². The van der Waals surface area contributed by atoms with Gasteiger partial charge in [-0.15, -0.1) is 4.91 Å². The first-order valence-corrected chi connectivity index (χ1v) is 5.94. The van der Waals surface area contributed by atoms with Gasteiger partial charge in [-0.25, -0.2) is 9.37 Å². The first kappa shape index (κ1) is 12.9. The molecule has 0 saturated carbocycles. The molecule has 0 atom stereocenters. The Labute approximate surface area is 116 Å². The van der Waals surface area contributed by atoms with Crippen LogP contribution < -0.4 is 5.56 Å². The van der Waals surface area contributed by atoms with Gasteiger partial charge in [0.2, 0.25) is 0 Å². The van der Waals surface area contributed by atoms with Crippen molar-refractivity contribution in [1.29, 1.82) is 0 Å². The second kappa shape index (κ2) is 4.78. The Bertz CT molecular complexity index is 904. The first-order valence-electron chi connectivity index (χ1n) is 5.94. The van der Waals surface area contributed by atoms with E-state index >= 15 is 0 Å². The number of nitrogens with zero attached hydrogens (tertiary/aromatic N) is 2. The van der Waals surface area contributed by atoms with Crippen molar-refractivity contribution in [2.24, 2.45) is 5.18 Å². The van der Waals surface area contributed by atoms with E-state index in [0.717, 1.165) is 6.33 Å².